The fourth-order valence-electron chi connectivity index (χ4n) is 4.29. The normalized spacial score (nSPS) is 14.4. The Balaban J connectivity index is 1.34. The van der Waals surface area contributed by atoms with Crippen LogP contribution in [0.15, 0.2) is 60.2 Å². The molecule has 1 amide bonds. The zero-order chi connectivity index (χ0) is 25.2. The van der Waals surface area contributed by atoms with Crippen molar-refractivity contribution in [3.63, 3.8) is 0 Å². The second-order valence-corrected chi connectivity index (χ2v) is 10.1. The molecule has 0 spiro atoms. The van der Waals surface area contributed by atoms with Gasteiger partial charge in [0.2, 0.25) is 0 Å². The minimum Gasteiger partial charge on any atom is -0.369 e. The largest absolute Gasteiger partial charge is 0.369 e. The summed E-state index contributed by atoms with van der Waals surface area (Å²) in [7, 11) is 2.14. The molecule has 1 aliphatic rings. The van der Waals surface area contributed by atoms with Crippen LogP contribution in [0.25, 0.3) is 22.0 Å². The van der Waals surface area contributed by atoms with Gasteiger partial charge in [-0.1, -0.05) is 0 Å². The molecule has 9 heteroatoms. The van der Waals surface area contributed by atoms with Gasteiger partial charge in [0.05, 0.1) is 12.0 Å². The first-order valence-corrected chi connectivity index (χ1v) is 12.9. The van der Waals surface area contributed by atoms with Crippen LogP contribution in [-0.2, 0) is 0 Å². The molecule has 4 aromatic rings. The summed E-state index contributed by atoms with van der Waals surface area (Å²) in [5.41, 5.74) is 4.56. The standard InChI is InChI=1S/C27H29FN6OS/c1-18(2)34-17-29-24(19-4-6-20(28)7-5-19)25(34)27-31-23(16-36-27)26(35)30-21-8-10-22(11-9-21)33-14-12-32(3)13-15-33/h4-11,16-18H,12-15H2,1-3H3,(H,30,35). The number of anilines is 2. The molecule has 1 N–H and O–H groups in total. The average molecular weight is 505 g/mol. The summed E-state index contributed by atoms with van der Waals surface area (Å²) in [5, 5.41) is 5.41. The lowest BCUT2D eigenvalue weighted by Gasteiger charge is -2.34. The Labute approximate surface area is 214 Å². The van der Waals surface area contributed by atoms with Crippen molar-refractivity contribution in [3.05, 3.63) is 71.7 Å². The van der Waals surface area contributed by atoms with Gasteiger partial charge in [-0.05, 0) is 69.4 Å². The third-order valence-corrected chi connectivity index (χ3v) is 7.25. The molecule has 0 bridgehead atoms. The summed E-state index contributed by atoms with van der Waals surface area (Å²) >= 11 is 1.39. The van der Waals surface area contributed by atoms with Gasteiger partial charge in [-0.15, -0.1) is 11.3 Å². The van der Waals surface area contributed by atoms with E-state index in [1.165, 1.54) is 23.5 Å². The number of piperazine rings is 1. The molecule has 0 aliphatic carbocycles. The minimum absolute atomic E-state index is 0.140. The fourth-order valence-corrected chi connectivity index (χ4v) is 5.13. The SMILES string of the molecule is CC(C)n1cnc(-c2ccc(F)cc2)c1-c1nc(C(=O)Nc2ccc(N3CCN(C)CC3)cc2)cs1. The van der Waals surface area contributed by atoms with E-state index in [1.54, 1.807) is 23.8 Å². The van der Waals surface area contributed by atoms with E-state index in [4.69, 9.17) is 0 Å². The van der Waals surface area contributed by atoms with Crippen LogP contribution < -0.4 is 10.2 Å². The first kappa shape index (κ1) is 24.1. The van der Waals surface area contributed by atoms with E-state index < -0.39 is 0 Å². The topological polar surface area (TPSA) is 66.3 Å². The highest BCUT2D eigenvalue weighted by atomic mass is 32.1. The van der Waals surface area contributed by atoms with Crippen LogP contribution in [-0.4, -0.2) is 58.6 Å². The number of hydrogen-bond acceptors (Lipinski definition) is 6. The predicted molar refractivity (Wildman–Crippen MR) is 143 cm³/mol. The predicted octanol–water partition coefficient (Wildman–Crippen LogP) is 5.40. The highest BCUT2D eigenvalue weighted by molar-refractivity contribution is 7.13. The molecule has 0 unspecified atom stereocenters. The van der Waals surface area contributed by atoms with Crippen LogP contribution in [0.1, 0.15) is 30.4 Å². The number of nitrogens with one attached hydrogen (secondary N) is 1. The maximum atomic E-state index is 13.5. The number of thiazole rings is 1. The minimum atomic E-state index is -0.298. The quantitative estimate of drug-likeness (QED) is 0.381. The number of likely N-dealkylation sites (N-methyl/N-ethyl adjacent to an activating group) is 1. The highest BCUT2D eigenvalue weighted by Crippen LogP contribution is 2.35. The molecule has 1 aliphatic heterocycles. The summed E-state index contributed by atoms with van der Waals surface area (Å²) in [6.45, 7) is 8.21. The maximum absolute atomic E-state index is 13.5. The number of hydrogen-bond donors (Lipinski definition) is 1. The lowest BCUT2D eigenvalue weighted by atomic mass is 10.1. The number of amides is 1. The van der Waals surface area contributed by atoms with Gasteiger partial charge in [-0.2, -0.15) is 0 Å². The third kappa shape index (κ3) is 5.03. The zero-order valence-corrected chi connectivity index (χ0v) is 21.4. The highest BCUT2D eigenvalue weighted by Gasteiger charge is 2.21. The van der Waals surface area contributed by atoms with Crippen LogP contribution >= 0.6 is 11.3 Å². The summed E-state index contributed by atoms with van der Waals surface area (Å²) in [6.07, 6.45) is 1.77. The molecular formula is C27H29FN6OS. The van der Waals surface area contributed by atoms with E-state index in [0.717, 1.165) is 48.8 Å². The maximum Gasteiger partial charge on any atom is 0.275 e. The fraction of sp³-hybridized carbons (Fsp3) is 0.296. The zero-order valence-electron chi connectivity index (χ0n) is 20.6. The first-order chi connectivity index (χ1) is 17.4. The summed E-state index contributed by atoms with van der Waals surface area (Å²) in [6, 6.07) is 14.3. The van der Waals surface area contributed by atoms with E-state index in [1.807, 2.05) is 28.8 Å². The molecular weight excluding hydrogens is 475 g/mol. The van der Waals surface area contributed by atoms with Gasteiger partial charge in [0, 0.05) is 54.5 Å². The summed E-state index contributed by atoms with van der Waals surface area (Å²) in [4.78, 5) is 26.9. The van der Waals surface area contributed by atoms with Gasteiger partial charge < -0.3 is 19.7 Å². The van der Waals surface area contributed by atoms with Crippen molar-refractivity contribution in [2.75, 3.05) is 43.4 Å². The number of benzene rings is 2. The number of nitrogens with zero attached hydrogens (tertiary/aromatic N) is 5. The molecule has 1 fully saturated rings. The number of rotatable bonds is 6. The lowest BCUT2D eigenvalue weighted by molar-refractivity contribution is 0.102. The van der Waals surface area contributed by atoms with E-state index >= 15 is 0 Å². The Bertz CT molecular complexity index is 1340. The Morgan fingerprint density at radius 2 is 1.72 bits per heavy atom. The smallest absolute Gasteiger partial charge is 0.275 e. The molecule has 2 aromatic carbocycles. The first-order valence-electron chi connectivity index (χ1n) is 12.0. The summed E-state index contributed by atoms with van der Waals surface area (Å²) in [5.74, 6) is -0.558. The molecule has 0 saturated carbocycles. The number of imidazole rings is 1. The van der Waals surface area contributed by atoms with Crippen molar-refractivity contribution in [1.82, 2.24) is 19.4 Å². The monoisotopic (exact) mass is 504 g/mol. The number of carbonyl (C=O) groups excluding carboxylic acids is 1. The van der Waals surface area contributed by atoms with Crippen LogP contribution in [0.2, 0.25) is 0 Å². The van der Waals surface area contributed by atoms with Crippen molar-refractivity contribution < 1.29 is 9.18 Å². The molecule has 0 atom stereocenters. The van der Waals surface area contributed by atoms with Crippen molar-refractivity contribution in [2.24, 2.45) is 0 Å². The molecule has 1 saturated heterocycles. The van der Waals surface area contributed by atoms with Crippen LogP contribution in [0.3, 0.4) is 0 Å². The lowest BCUT2D eigenvalue weighted by Crippen LogP contribution is -2.44. The Morgan fingerprint density at radius 1 is 1.03 bits per heavy atom. The second kappa shape index (κ2) is 10.2. The Morgan fingerprint density at radius 3 is 2.39 bits per heavy atom. The average Bonchev–Trinajstić information content (AvgIpc) is 3.53. The van der Waals surface area contributed by atoms with Crippen molar-refractivity contribution in [2.45, 2.75) is 19.9 Å². The molecule has 36 heavy (non-hydrogen) atoms. The van der Waals surface area contributed by atoms with Gasteiger partial charge in [0.15, 0.2) is 0 Å². The third-order valence-electron chi connectivity index (χ3n) is 6.40. The van der Waals surface area contributed by atoms with Gasteiger partial charge in [-0.25, -0.2) is 14.4 Å². The van der Waals surface area contributed by atoms with Gasteiger partial charge in [-0.3, -0.25) is 4.79 Å². The number of halogens is 1. The molecule has 0 radical (unpaired) electrons. The van der Waals surface area contributed by atoms with Crippen molar-refractivity contribution in [3.8, 4) is 22.0 Å². The molecule has 7 nitrogen and oxygen atoms in total. The van der Waals surface area contributed by atoms with Crippen molar-refractivity contribution in [1.29, 1.82) is 0 Å². The van der Waals surface area contributed by atoms with E-state index in [9.17, 15) is 9.18 Å². The molecule has 5 rings (SSSR count). The van der Waals surface area contributed by atoms with Gasteiger partial charge in [0.25, 0.3) is 5.91 Å². The van der Waals surface area contributed by atoms with E-state index in [-0.39, 0.29) is 17.8 Å². The van der Waals surface area contributed by atoms with Crippen LogP contribution in [0, 0.1) is 5.82 Å². The van der Waals surface area contributed by atoms with E-state index in [0.29, 0.717) is 16.4 Å². The molecule has 186 valence electrons. The van der Waals surface area contributed by atoms with Crippen LogP contribution in [0.4, 0.5) is 15.8 Å². The summed E-state index contributed by atoms with van der Waals surface area (Å²) < 4.78 is 15.5. The second-order valence-electron chi connectivity index (χ2n) is 9.28. The van der Waals surface area contributed by atoms with Crippen molar-refractivity contribution >= 4 is 28.6 Å². The van der Waals surface area contributed by atoms with E-state index in [2.05, 4.69) is 46.0 Å². The Kier molecular flexibility index (Phi) is 6.84. The Hall–Kier alpha value is -3.56. The van der Waals surface area contributed by atoms with Crippen LogP contribution in [0.5, 0.6) is 0 Å². The molecule has 3 heterocycles. The van der Waals surface area contributed by atoms with Gasteiger partial charge >= 0.3 is 0 Å². The number of carbonyl (C=O) groups is 1. The molecule has 2 aromatic heterocycles. The number of aromatic nitrogens is 3. The van der Waals surface area contributed by atoms with Gasteiger partial charge in [0.1, 0.15) is 22.2 Å².